The van der Waals surface area contributed by atoms with E-state index in [1.165, 1.54) is 11.4 Å². The quantitative estimate of drug-likeness (QED) is 0.0103. The number of unbranched alkanes of at least 4 members (excludes halogenated alkanes) is 4. The number of aliphatic imine (C=N–C) groups is 2. The van der Waals surface area contributed by atoms with Crippen LogP contribution in [0.3, 0.4) is 0 Å². The number of hydrogen-bond donors (Lipinski definition) is 0. The molecule has 14 heteroatoms. The molecule has 0 fully saturated rings. The molecule has 518 valence electrons. The molecular weight excluding hydrogens is 1310 g/mol. The molecule has 0 heterocycles. The fourth-order valence-corrected chi connectivity index (χ4v) is 12.6. The number of benzene rings is 7. The van der Waals surface area contributed by atoms with Crippen LogP contribution in [0, 0.1) is 67.6 Å². The van der Waals surface area contributed by atoms with E-state index in [4.69, 9.17) is 52.9 Å². The first-order valence-electron chi connectivity index (χ1n) is 35.7. The van der Waals surface area contributed by atoms with Crippen LogP contribution in [-0.4, -0.2) is 61.1 Å². The van der Waals surface area contributed by atoms with Gasteiger partial charge in [-0.05, 0) is 199 Å². The molecule has 7 aromatic carbocycles. The van der Waals surface area contributed by atoms with Gasteiger partial charge in [-0.1, -0.05) is 176 Å². The summed E-state index contributed by atoms with van der Waals surface area (Å²) in [6.07, 6.45) is 26.5. The van der Waals surface area contributed by atoms with Crippen LogP contribution in [0.2, 0.25) is 10.0 Å². The maximum absolute atomic E-state index is 10.5. The summed E-state index contributed by atoms with van der Waals surface area (Å²) in [5.74, 6) is -0.0563. The molecule has 12 nitrogen and oxygen atoms in total. The van der Waals surface area contributed by atoms with Gasteiger partial charge >= 0.3 is 0 Å². The van der Waals surface area contributed by atoms with Crippen molar-refractivity contribution in [2.75, 3.05) is 54.0 Å². The minimum Gasteiger partial charge on any atom is -0.372 e. The van der Waals surface area contributed by atoms with Gasteiger partial charge in [-0.15, -0.1) is 4.99 Å². The Balaban J connectivity index is 1.20. The topological polar surface area (TPSA) is 122 Å². The van der Waals surface area contributed by atoms with Gasteiger partial charge in [-0.2, -0.15) is 5.26 Å². The fraction of sp³-hybridized carbons (Fsp3) is 0.270. The summed E-state index contributed by atoms with van der Waals surface area (Å²) in [5, 5.41) is 31.4. The molecule has 8 rings (SSSR count). The predicted octanol–water partition coefficient (Wildman–Crippen LogP) is 24.0. The molecule has 0 bridgehead atoms. The monoisotopic (exact) mass is 1400 g/mol. The second kappa shape index (κ2) is 39.6. The highest BCUT2D eigenvalue weighted by Crippen LogP contribution is 2.38. The third-order valence-corrected chi connectivity index (χ3v) is 18.4. The highest BCUT2D eigenvalue weighted by Gasteiger charge is 2.23. The van der Waals surface area contributed by atoms with Crippen molar-refractivity contribution in [1.29, 1.82) is 15.8 Å². The smallest absolute Gasteiger partial charge is 0.272 e. The molecule has 0 radical (unpaired) electrons. The zero-order valence-corrected chi connectivity index (χ0v) is 62.0. The lowest BCUT2D eigenvalue weighted by Gasteiger charge is -2.26. The molecule has 0 amide bonds. The molecule has 0 atom stereocenters. The Bertz CT molecular complexity index is 4660. The van der Waals surface area contributed by atoms with E-state index >= 15 is 0 Å². The van der Waals surface area contributed by atoms with E-state index in [1.807, 2.05) is 50.3 Å². The Morgan fingerprint density at radius 3 is 1.32 bits per heavy atom. The number of aryl methyl sites for hydroxylation is 2. The molecule has 0 N–H and O–H groups in total. The summed E-state index contributed by atoms with van der Waals surface area (Å²) in [7, 11) is 0. The van der Waals surface area contributed by atoms with Gasteiger partial charge in [0, 0.05) is 106 Å². The van der Waals surface area contributed by atoms with Crippen molar-refractivity contribution in [1.82, 2.24) is 0 Å². The van der Waals surface area contributed by atoms with Crippen LogP contribution in [0.4, 0.5) is 39.8 Å². The van der Waals surface area contributed by atoms with Crippen molar-refractivity contribution in [2.24, 2.45) is 9.98 Å². The Morgan fingerprint density at radius 2 is 0.893 bits per heavy atom. The minimum absolute atomic E-state index is 0.0419. The van der Waals surface area contributed by atoms with Gasteiger partial charge < -0.3 is 19.5 Å². The van der Waals surface area contributed by atoms with Crippen LogP contribution in [0.5, 0.6) is 0 Å². The van der Waals surface area contributed by atoms with Crippen molar-refractivity contribution in [2.45, 2.75) is 120 Å². The first kappa shape index (κ1) is 77.4. The normalized spacial score (nSPS) is 12.7. The highest BCUT2D eigenvalue weighted by atomic mass is 35.5. The van der Waals surface area contributed by atoms with Crippen LogP contribution in [0.1, 0.15) is 145 Å². The molecule has 1 aliphatic rings. The first-order chi connectivity index (χ1) is 50.2. The molecule has 1 aliphatic carbocycles. The average molecular weight is 1400 g/mol. The summed E-state index contributed by atoms with van der Waals surface area (Å²) < 4.78 is 2.52. The Morgan fingerprint density at radius 1 is 0.466 bits per heavy atom. The van der Waals surface area contributed by atoms with E-state index in [0.717, 1.165) is 171 Å². The van der Waals surface area contributed by atoms with Crippen molar-refractivity contribution in [3.8, 4) is 18.2 Å². The Hall–Kier alpha value is -11.4. The minimum atomic E-state index is -0.234. The number of halogens is 2. The van der Waals surface area contributed by atoms with Crippen molar-refractivity contribution < 1.29 is 4.58 Å². The van der Waals surface area contributed by atoms with Crippen molar-refractivity contribution in [3.05, 3.63) is 300 Å². The van der Waals surface area contributed by atoms with E-state index in [2.05, 4.69) is 209 Å². The third-order valence-electron chi connectivity index (χ3n) is 17.9. The summed E-state index contributed by atoms with van der Waals surface area (Å²) in [6.45, 7) is 46.4. The maximum atomic E-state index is 10.5. The number of rotatable bonds is 32. The first-order valence-corrected chi connectivity index (χ1v) is 36.4. The van der Waals surface area contributed by atoms with Gasteiger partial charge in [0.1, 0.15) is 24.9 Å². The van der Waals surface area contributed by atoms with E-state index in [9.17, 15) is 15.8 Å². The number of nitrogens with zero attached hydrogens (tertiary/aromatic N) is 12. The van der Waals surface area contributed by atoms with Gasteiger partial charge in [0.05, 0.1) is 31.0 Å². The lowest BCUT2D eigenvalue weighted by atomic mass is 9.94. The molecule has 0 unspecified atom stereocenters. The number of nitriles is 3. The SMILES string of the molecule is [C-]#[N+]C(=Nc1ccc(N(CCC)c2ccc(/C(=C/C=C/C(=C3C=CC(=[N+](CCCC)CCCC)C=C3)c3ccc(N(CCC)c4ccc(N=C(C#N)/C(=C(/C#N)[N+]#[C-])c5ccc(Cl)cc5)c(C)c4)cc3)c3ccc(N(CCCC)CCCC)cc3)cc2)cc1C)/C(=C(\C#N)[N+]#[C-])c1ccc(Cl)cc1. The summed E-state index contributed by atoms with van der Waals surface area (Å²) in [4.78, 5) is 27.3. The van der Waals surface area contributed by atoms with Crippen LogP contribution in [0.15, 0.2) is 227 Å². The molecule has 103 heavy (non-hydrogen) atoms. The van der Waals surface area contributed by atoms with Crippen molar-refractivity contribution in [3.63, 3.8) is 0 Å². The predicted molar refractivity (Wildman–Crippen MR) is 432 cm³/mol. The second-order valence-corrected chi connectivity index (χ2v) is 26.1. The zero-order chi connectivity index (χ0) is 73.6. The fourth-order valence-electron chi connectivity index (χ4n) is 12.3. The number of anilines is 5. The van der Waals surface area contributed by atoms with Crippen LogP contribution < -0.4 is 14.7 Å². The molecule has 0 spiro atoms. The zero-order valence-electron chi connectivity index (χ0n) is 60.5. The molecule has 0 saturated heterocycles. The lowest BCUT2D eigenvalue weighted by molar-refractivity contribution is -0.527. The average Bonchev–Trinajstić information content (AvgIpc) is 0.843. The second-order valence-electron chi connectivity index (χ2n) is 25.2. The van der Waals surface area contributed by atoms with E-state index in [-0.39, 0.29) is 34.1 Å². The Labute approximate surface area is 621 Å². The summed E-state index contributed by atoms with van der Waals surface area (Å²) in [5.41, 5.74) is 16.4. The molecule has 0 saturated carbocycles. The highest BCUT2D eigenvalue weighted by molar-refractivity contribution is 6.34. The standard InChI is InChI=1S/C89H89Cl2N12/c1-12-18-55-100(56-19-13-2)74-41-29-66(30-42-74)80(68-33-45-76(46-34-68)102(53-16-5)78-49-51-82(64(7)59-78)98-86(63-94)87(84(61-92)95-9)70-25-37-72(90)38-26-70)23-22-24-81(67-31-43-75(44-32-67)101(57-20-14-3)58-21-15-4)69-35-47-77(48-36-69)103(54-17-6)79-50-52-83(65(8)60-79)99-89(97-11)88(85(62-93)96-10)71-27-39-73(91)40-28-71/h22-52,59-60H,12-21,53-58H2,1-8H3/q+1/b87-84-,88-85+,98-86?,99-89?. The summed E-state index contributed by atoms with van der Waals surface area (Å²) in [6, 6.07) is 58.1. The van der Waals surface area contributed by atoms with E-state index in [0.29, 0.717) is 32.5 Å². The Kier molecular flexibility index (Phi) is 29.7. The summed E-state index contributed by atoms with van der Waals surface area (Å²) >= 11 is 12.4. The van der Waals surface area contributed by atoms with Gasteiger partial charge in [0.15, 0.2) is 11.4 Å². The number of amidine groups is 1. The number of allylic oxidation sites excluding steroid dienone is 12. The van der Waals surface area contributed by atoms with Gasteiger partial charge in [0.2, 0.25) is 0 Å². The van der Waals surface area contributed by atoms with Gasteiger partial charge in [-0.3, -0.25) is 0 Å². The lowest BCUT2D eigenvalue weighted by Crippen LogP contribution is -2.25. The van der Waals surface area contributed by atoms with Gasteiger partial charge in [-0.25, -0.2) is 29.8 Å². The molecule has 0 aromatic heterocycles. The number of hydrogen-bond acceptors (Lipinski definition) is 8. The molecule has 7 aromatic rings. The van der Waals surface area contributed by atoms with Crippen LogP contribution >= 0.6 is 23.2 Å². The maximum Gasteiger partial charge on any atom is 0.272 e. The van der Waals surface area contributed by atoms with Crippen LogP contribution in [-0.2, 0) is 0 Å². The molecule has 0 aliphatic heterocycles. The molecular formula is C89H89Cl2N12+. The van der Waals surface area contributed by atoms with Gasteiger partial charge in [0.25, 0.3) is 17.2 Å². The van der Waals surface area contributed by atoms with Crippen molar-refractivity contribution >= 4 is 103 Å². The van der Waals surface area contributed by atoms with E-state index < -0.39 is 0 Å². The largest absolute Gasteiger partial charge is 0.372 e. The van der Waals surface area contributed by atoms with Crippen LogP contribution in [0.25, 0.3) is 36.8 Å². The third kappa shape index (κ3) is 20.4. The van der Waals surface area contributed by atoms with E-state index in [1.54, 1.807) is 48.5 Å².